The van der Waals surface area contributed by atoms with Gasteiger partial charge in [-0.2, -0.15) is 0 Å². The van der Waals surface area contributed by atoms with E-state index in [1.165, 1.54) is 0 Å². The van der Waals surface area contributed by atoms with Gasteiger partial charge in [0, 0.05) is 0 Å². The largest absolute Gasteiger partial charge is 0.480 e. The second kappa shape index (κ2) is 15.6. The van der Waals surface area contributed by atoms with E-state index in [4.69, 9.17) is 5.11 Å². The molecule has 0 aliphatic rings. The molecule has 4 nitrogen and oxygen atoms in total. The van der Waals surface area contributed by atoms with Crippen molar-refractivity contribution in [2.24, 2.45) is 5.73 Å². The van der Waals surface area contributed by atoms with Gasteiger partial charge in [0.15, 0.2) is 0 Å². The van der Waals surface area contributed by atoms with Gasteiger partial charge in [-0.1, -0.05) is 0 Å². The predicted octanol–water partition coefficient (Wildman–Crippen LogP) is -0.713. The van der Waals surface area contributed by atoms with Gasteiger partial charge in [0.05, 0.1) is 6.54 Å². The van der Waals surface area contributed by atoms with Crippen LogP contribution in [0.25, 0.3) is 0 Å². The highest BCUT2D eigenvalue weighted by Gasteiger charge is 1.81. The number of aliphatic carboxylic acids is 1. The van der Waals surface area contributed by atoms with Crippen molar-refractivity contribution in [3.05, 3.63) is 0 Å². The molecule has 58 valence electrons. The van der Waals surface area contributed by atoms with Crippen LogP contribution in [0.2, 0.25) is 0 Å². The van der Waals surface area contributed by atoms with Crippen LogP contribution in [0.3, 0.4) is 0 Å². The van der Waals surface area contributed by atoms with E-state index in [0.29, 0.717) is 0 Å². The van der Waals surface area contributed by atoms with Gasteiger partial charge in [-0.05, 0) is 14.1 Å². The first kappa shape index (κ1) is 15.9. The quantitative estimate of drug-likeness (QED) is 0.469. The van der Waals surface area contributed by atoms with E-state index < -0.39 is 5.97 Å². The molecule has 0 rings (SSSR count). The standard InChI is InChI=1S/C2H5NO2.C2H7N.ClH/c3-1-2(4)5;1-3-2;/h1,3H2,(H,4,5);3H,1-2H3;1H. The average Bonchev–Trinajstić information content (AvgIpc) is 1.69. The zero-order valence-corrected chi connectivity index (χ0v) is 6.36. The number of carbonyl (C=O) groups is 1. The molecule has 0 aliphatic carbocycles. The molecule has 0 aromatic carbocycles. The molecule has 0 radical (unpaired) electrons. The third-order valence-corrected chi connectivity index (χ3v) is 0.175. The molecule has 0 aliphatic heterocycles. The van der Waals surface area contributed by atoms with Crippen molar-refractivity contribution in [2.45, 2.75) is 0 Å². The molecule has 0 atom stereocenters. The summed E-state index contributed by atoms with van der Waals surface area (Å²) in [6.07, 6.45) is 0. The summed E-state index contributed by atoms with van der Waals surface area (Å²) in [6.45, 7) is -0.278. The van der Waals surface area contributed by atoms with E-state index in [1.54, 1.807) is 0 Å². The molecule has 0 saturated carbocycles. The third-order valence-electron chi connectivity index (χ3n) is 0.175. The minimum absolute atomic E-state index is 0. The Kier molecular flexibility index (Phi) is 27.6. The zero-order chi connectivity index (χ0) is 6.99. The number of nitrogens with two attached hydrogens (primary N) is 1. The van der Waals surface area contributed by atoms with Crippen LogP contribution in [-0.4, -0.2) is 31.7 Å². The molecule has 0 amide bonds. The molecule has 0 aromatic rings. The summed E-state index contributed by atoms with van der Waals surface area (Å²) >= 11 is 0. The Morgan fingerprint density at radius 2 is 1.78 bits per heavy atom. The fourth-order valence-corrected chi connectivity index (χ4v) is 0. The van der Waals surface area contributed by atoms with Crippen molar-refractivity contribution in [3.8, 4) is 0 Å². The molecule has 0 spiro atoms. The van der Waals surface area contributed by atoms with Gasteiger partial charge < -0.3 is 16.2 Å². The molecule has 4 N–H and O–H groups in total. The lowest BCUT2D eigenvalue weighted by Crippen LogP contribution is -2.10. The maximum absolute atomic E-state index is 9.24. The minimum atomic E-state index is -0.968. The zero-order valence-electron chi connectivity index (χ0n) is 5.55. The summed E-state index contributed by atoms with van der Waals surface area (Å²) in [5.41, 5.74) is 4.57. The first-order valence-corrected chi connectivity index (χ1v) is 2.19. The highest BCUT2D eigenvalue weighted by atomic mass is 35.5. The molecule has 0 aromatic heterocycles. The summed E-state index contributed by atoms with van der Waals surface area (Å²) in [7, 11) is 3.75. The fraction of sp³-hybridized carbons (Fsp3) is 0.750. The molecule has 0 saturated heterocycles. The maximum atomic E-state index is 9.24. The first-order chi connectivity index (χ1) is 3.68. The highest BCUT2D eigenvalue weighted by Crippen LogP contribution is 1.43. The smallest absolute Gasteiger partial charge is 0.317 e. The van der Waals surface area contributed by atoms with Crippen molar-refractivity contribution >= 4 is 18.4 Å². The number of hydrogen-bond acceptors (Lipinski definition) is 3. The van der Waals surface area contributed by atoms with Gasteiger partial charge in [0.25, 0.3) is 0 Å². The van der Waals surface area contributed by atoms with Crippen LogP contribution in [-0.2, 0) is 4.79 Å². The SMILES string of the molecule is CNC.Cl.NCC(=O)O. The van der Waals surface area contributed by atoms with Gasteiger partial charge in [-0.3, -0.25) is 4.79 Å². The Balaban J connectivity index is -0.0000000800. The van der Waals surface area contributed by atoms with Crippen molar-refractivity contribution in [3.63, 3.8) is 0 Å². The molecule has 0 bridgehead atoms. The summed E-state index contributed by atoms with van der Waals surface area (Å²) in [6, 6.07) is 0. The molecule has 9 heavy (non-hydrogen) atoms. The van der Waals surface area contributed by atoms with Crippen LogP contribution in [0, 0.1) is 0 Å². The van der Waals surface area contributed by atoms with Gasteiger partial charge in [-0.15, -0.1) is 12.4 Å². The average molecular weight is 157 g/mol. The Bertz CT molecular complexity index is 60.5. The number of hydrogen-bond donors (Lipinski definition) is 3. The van der Waals surface area contributed by atoms with Crippen LogP contribution >= 0.6 is 12.4 Å². The number of carboxylic acid groups (broad SMARTS) is 1. The minimum Gasteiger partial charge on any atom is -0.480 e. The fourth-order valence-electron chi connectivity index (χ4n) is 0. The lowest BCUT2D eigenvalue weighted by molar-refractivity contribution is -0.135. The summed E-state index contributed by atoms with van der Waals surface area (Å²) in [5, 5.41) is 10.3. The van der Waals surface area contributed by atoms with Crippen LogP contribution in [0.5, 0.6) is 0 Å². The Hall–Kier alpha value is -0.320. The van der Waals surface area contributed by atoms with Gasteiger partial charge in [0.1, 0.15) is 0 Å². The maximum Gasteiger partial charge on any atom is 0.317 e. The Morgan fingerprint density at radius 1 is 1.67 bits per heavy atom. The topological polar surface area (TPSA) is 75.3 Å². The van der Waals surface area contributed by atoms with Gasteiger partial charge >= 0.3 is 5.97 Å². The van der Waals surface area contributed by atoms with Crippen LogP contribution in [0.4, 0.5) is 0 Å². The van der Waals surface area contributed by atoms with Crippen molar-refractivity contribution in [1.82, 2.24) is 5.32 Å². The predicted molar refractivity (Wildman–Crippen MR) is 38.9 cm³/mol. The van der Waals surface area contributed by atoms with Crippen molar-refractivity contribution in [1.29, 1.82) is 0 Å². The highest BCUT2D eigenvalue weighted by molar-refractivity contribution is 5.85. The molecule has 0 heterocycles. The molecule has 0 unspecified atom stereocenters. The number of rotatable bonds is 1. The number of nitrogens with one attached hydrogen (secondary N) is 1. The monoisotopic (exact) mass is 156 g/mol. The first-order valence-electron chi connectivity index (χ1n) is 2.19. The summed E-state index contributed by atoms with van der Waals surface area (Å²) in [5.74, 6) is -0.968. The van der Waals surface area contributed by atoms with Gasteiger partial charge in [-0.25, -0.2) is 0 Å². The van der Waals surface area contributed by atoms with E-state index in [0.717, 1.165) is 0 Å². The second-order valence-electron chi connectivity index (χ2n) is 1.10. The lowest BCUT2D eigenvalue weighted by atomic mass is 10.7. The van der Waals surface area contributed by atoms with Crippen molar-refractivity contribution in [2.75, 3.05) is 20.6 Å². The molecular weight excluding hydrogens is 144 g/mol. The van der Waals surface area contributed by atoms with Gasteiger partial charge in [0.2, 0.25) is 0 Å². The Morgan fingerprint density at radius 3 is 1.78 bits per heavy atom. The summed E-state index contributed by atoms with van der Waals surface area (Å²) in [4.78, 5) is 9.24. The number of carboxylic acids is 1. The summed E-state index contributed by atoms with van der Waals surface area (Å²) < 4.78 is 0. The molecule has 0 fully saturated rings. The lowest BCUT2D eigenvalue weighted by Gasteiger charge is -1.73. The van der Waals surface area contributed by atoms with E-state index in [1.807, 2.05) is 14.1 Å². The van der Waals surface area contributed by atoms with Crippen molar-refractivity contribution < 1.29 is 9.90 Å². The number of halogens is 1. The van der Waals surface area contributed by atoms with E-state index in [2.05, 4.69) is 11.1 Å². The normalized spacial score (nSPS) is 6.11. The van der Waals surface area contributed by atoms with Crippen LogP contribution in [0.1, 0.15) is 0 Å². The van der Waals surface area contributed by atoms with E-state index in [-0.39, 0.29) is 19.0 Å². The third kappa shape index (κ3) is 87.8. The van der Waals surface area contributed by atoms with E-state index in [9.17, 15) is 4.79 Å². The Labute approximate surface area is 60.8 Å². The second-order valence-corrected chi connectivity index (χ2v) is 1.10. The van der Waals surface area contributed by atoms with Crippen LogP contribution < -0.4 is 11.1 Å². The molecular formula is C4H13ClN2O2. The van der Waals surface area contributed by atoms with E-state index >= 15 is 0 Å². The molecule has 5 heteroatoms. The van der Waals surface area contributed by atoms with Crippen LogP contribution in [0.15, 0.2) is 0 Å².